The Hall–Kier alpha value is -0.670. The molecule has 0 aliphatic heterocycles. The Morgan fingerprint density at radius 3 is 2.20 bits per heavy atom. The molecule has 76 valence electrons. The number of rotatable bonds is 2. The second-order valence-electron chi connectivity index (χ2n) is 2.41. The topological polar surface area (TPSA) is 126 Å². The van der Waals surface area contributed by atoms with Crippen LogP contribution in [0.1, 0.15) is 0 Å². The van der Waals surface area contributed by atoms with Crippen LogP contribution < -0.4 is 35.3 Å². The monoisotopic (exact) mass is 240 g/mol. The Labute approximate surface area is 107 Å². The molecule has 0 bridgehead atoms. The third-order valence-electron chi connectivity index (χ3n) is 1.48. The molecule has 7 nitrogen and oxygen atoms in total. The number of nitro groups is 1. The number of nitro benzene ring substituents is 1. The van der Waals surface area contributed by atoms with Gasteiger partial charge in [-0.3, -0.25) is 10.1 Å². The van der Waals surface area contributed by atoms with E-state index in [0.717, 1.165) is 18.2 Å². The van der Waals surface area contributed by atoms with Gasteiger partial charge >= 0.3 is 35.2 Å². The van der Waals surface area contributed by atoms with E-state index in [1.54, 1.807) is 0 Å². The van der Waals surface area contributed by atoms with E-state index in [0.29, 0.717) is 0 Å². The Kier molecular flexibility index (Phi) is 4.68. The summed E-state index contributed by atoms with van der Waals surface area (Å²) in [7, 11) is -4.87. The smallest absolute Gasteiger partial charge is 0.744 e. The Morgan fingerprint density at radius 1 is 1.33 bits per heavy atom. The van der Waals surface area contributed by atoms with Crippen LogP contribution in [-0.2, 0) is 10.1 Å². The van der Waals surface area contributed by atoms with Crippen molar-refractivity contribution in [3.05, 3.63) is 28.3 Å². The Balaban J connectivity index is 0.00000196. The van der Waals surface area contributed by atoms with Crippen LogP contribution in [0.4, 0.5) is 11.4 Å². The van der Waals surface area contributed by atoms with Gasteiger partial charge in [-0.1, -0.05) is 6.07 Å². The molecule has 1 aromatic carbocycles. The van der Waals surface area contributed by atoms with E-state index in [-0.39, 0.29) is 35.2 Å². The predicted molar refractivity (Wildman–Crippen MR) is 45.5 cm³/mol. The molecule has 9 heteroatoms. The first-order valence-electron chi connectivity index (χ1n) is 3.33. The van der Waals surface area contributed by atoms with Gasteiger partial charge in [-0.25, -0.2) is 8.42 Å². The zero-order valence-electron chi connectivity index (χ0n) is 7.71. The second kappa shape index (κ2) is 4.90. The second-order valence-corrected chi connectivity index (χ2v) is 3.75. The maximum atomic E-state index is 10.6. The predicted octanol–water partition coefficient (Wildman–Crippen LogP) is -2.91. The van der Waals surface area contributed by atoms with Crippen LogP contribution >= 0.6 is 0 Å². The fourth-order valence-corrected chi connectivity index (χ4v) is 1.61. The van der Waals surface area contributed by atoms with Crippen LogP contribution in [0.25, 0.3) is 0 Å². The number of hydrogen-bond donors (Lipinski definition) is 1. The van der Waals surface area contributed by atoms with Crippen molar-refractivity contribution >= 4 is 21.5 Å². The van der Waals surface area contributed by atoms with Gasteiger partial charge in [-0.15, -0.1) is 0 Å². The molecule has 1 rings (SSSR count). The van der Waals surface area contributed by atoms with E-state index >= 15 is 0 Å². The minimum atomic E-state index is -4.87. The van der Waals surface area contributed by atoms with E-state index in [1.807, 2.05) is 0 Å². The Bertz CT molecular complexity index is 486. The molecule has 0 atom stereocenters. The molecule has 0 aliphatic carbocycles. The molecule has 0 heterocycles. The molecule has 0 spiro atoms. The zero-order valence-corrected chi connectivity index (χ0v) is 10.5. The first-order valence-corrected chi connectivity index (χ1v) is 4.73. The fraction of sp³-hybridized carbons (Fsp3) is 0. The summed E-state index contributed by atoms with van der Waals surface area (Å²) < 4.78 is 31.8. The van der Waals surface area contributed by atoms with Gasteiger partial charge < -0.3 is 10.3 Å². The molecule has 1 aromatic rings. The third kappa shape index (κ3) is 3.14. The maximum absolute atomic E-state index is 10.6. The van der Waals surface area contributed by atoms with Crippen molar-refractivity contribution in [1.82, 2.24) is 0 Å². The first kappa shape index (κ1) is 14.3. The van der Waals surface area contributed by atoms with Gasteiger partial charge in [0, 0.05) is 0 Å². The standard InChI is InChI=1S/C6H6N2O5S.Na/c7-4-2-1-3-5(14(11,12)13)6(4)8(9)10;/h1-3H,7H2,(H,11,12,13);/q;+1/p-1. The van der Waals surface area contributed by atoms with E-state index in [1.165, 1.54) is 0 Å². The van der Waals surface area contributed by atoms with E-state index in [2.05, 4.69) is 0 Å². The summed E-state index contributed by atoms with van der Waals surface area (Å²) in [6.07, 6.45) is 0. The maximum Gasteiger partial charge on any atom is 1.00 e. The van der Waals surface area contributed by atoms with Gasteiger partial charge in [0.05, 0.1) is 4.92 Å². The minimum Gasteiger partial charge on any atom is -0.744 e. The summed E-state index contributed by atoms with van der Waals surface area (Å²) in [4.78, 5) is 8.50. The van der Waals surface area contributed by atoms with Crippen LogP contribution in [0.2, 0.25) is 0 Å². The third-order valence-corrected chi connectivity index (χ3v) is 2.35. The van der Waals surface area contributed by atoms with Crippen molar-refractivity contribution in [2.45, 2.75) is 4.90 Å². The van der Waals surface area contributed by atoms with Gasteiger partial charge in [0.15, 0.2) is 0 Å². The van der Waals surface area contributed by atoms with Gasteiger partial charge in [0.2, 0.25) is 0 Å². The van der Waals surface area contributed by atoms with Crippen molar-refractivity contribution in [3.8, 4) is 0 Å². The first-order chi connectivity index (χ1) is 6.34. The SMILES string of the molecule is Nc1cccc(S(=O)(=O)[O-])c1[N+](=O)[O-].[Na+]. The number of anilines is 1. The van der Waals surface area contributed by atoms with Gasteiger partial charge in [0.25, 0.3) is 0 Å². The summed E-state index contributed by atoms with van der Waals surface area (Å²) in [6, 6.07) is 3.15. The van der Waals surface area contributed by atoms with Gasteiger partial charge in [-0.2, -0.15) is 0 Å². The summed E-state index contributed by atoms with van der Waals surface area (Å²) in [5, 5.41) is 10.4. The van der Waals surface area contributed by atoms with E-state index in [4.69, 9.17) is 5.73 Å². The molecule has 0 amide bonds. The summed E-state index contributed by atoms with van der Waals surface area (Å²) in [5.41, 5.74) is 3.95. The molecular formula is C6H5N2NaO5S. The minimum absolute atomic E-state index is 0. The molecule has 0 radical (unpaired) electrons. The Morgan fingerprint density at radius 2 is 1.87 bits per heavy atom. The van der Waals surface area contributed by atoms with Crippen LogP contribution in [0.3, 0.4) is 0 Å². The number of nitrogens with two attached hydrogens (primary N) is 1. The van der Waals surface area contributed by atoms with Gasteiger partial charge in [0.1, 0.15) is 20.7 Å². The summed E-state index contributed by atoms with van der Waals surface area (Å²) in [6.45, 7) is 0. The molecule has 0 saturated heterocycles. The number of hydrogen-bond acceptors (Lipinski definition) is 6. The number of nitrogen functional groups attached to an aromatic ring is 1. The van der Waals surface area contributed by atoms with Gasteiger partial charge in [-0.05, 0) is 12.1 Å². The van der Waals surface area contributed by atoms with Crippen molar-refractivity contribution in [1.29, 1.82) is 0 Å². The summed E-state index contributed by atoms with van der Waals surface area (Å²) >= 11 is 0. The van der Waals surface area contributed by atoms with Crippen molar-refractivity contribution in [3.63, 3.8) is 0 Å². The number of para-hydroxylation sites is 1. The molecule has 0 unspecified atom stereocenters. The van der Waals surface area contributed by atoms with Crippen molar-refractivity contribution in [2.24, 2.45) is 0 Å². The fourth-order valence-electron chi connectivity index (χ4n) is 0.936. The van der Waals surface area contributed by atoms with Crippen LogP contribution in [-0.4, -0.2) is 17.9 Å². The normalized spacial score (nSPS) is 10.5. The number of benzene rings is 1. The largest absolute Gasteiger partial charge is 1.00 e. The molecule has 2 N–H and O–H groups in total. The van der Waals surface area contributed by atoms with Crippen molar-refractivity contribution in [2.75, 3.05) is 5.73 Å². The van der Waals surface area contributed by atoms with E-state index < -0.39 is 25.6 Å². The van der Waals surface area contributed by atoms with Crippen LogP contribution in [0, 0.1) is 10.1 Å². The summed E-state index contributed by atoms with van der Waals surface area (Å²) in [5.74, 6) is 0. The van der Waals surface area contributed by atoms with Crippen LogP contribution in [0.15, 0.2) is 23.1 Å². The van der Waals surface area contributed by atoms with E-state index in [9.17, 15) is 23.1 Å². The zero-order chi connectivity index (χ0) is 10.9. The molecule has 0 aromatic heterocycles. The molecule has 0 fully saturated rings. The molecular weight excluding hydrogens is 235 g/mol. The molecule has 15 heavy (non-hydrogen) atoms. The quantitative estimate of drug-likeness (QED) is 0.194. The average molecular weight is 240 g/mol. The number of nitrogens with zero attached hydrogens (tertiary/aromatic N) is 1. The van der Waals surface area contributed by atoms with Crippen molar-refractivity contribution < 1.29 is 47.5 Å². The molecule has 0 saturated carbocycles. The van der Waals surface area contributed by atoms with Crippen LogP contribution in [0.5, 0.6) is 0 Å². The average Bonchev–Trinajstić information content (AvgIpc) is 2.01. The molecule has 0 aliphatic rings.